The number of rotatable bonds is 7. The third kappa shape index (κ3) is 4.40. The molecule has 0 bridgehead atoms. The summed E-state index contributed by atoms with van der Waals surface area (Å²) >= 11 is 0. The molecule has 3 aromatic carbocycles. The lowest BCUT2D eigenvalue weighted by Crippen LogP contribution is -1.96. The fourth-order valence-electron chi connectivity index (χ4n) is 3.33. The van der Waals surface area contributed by atoms with E-state index in [1.807, 2.05) is 24.3 Å². The van der Waals surface area contributed by atoms with Gasteiger partial charge in [0.25, 0.3) is 0 Å². The van der Waals surface area contributed by atoms with Crippen LogP contribution >= 0.6 is 0 Å². The van der Waals surface area contributed by atoms with Crippen molar-refractivity contribution in [2.75, 3.05) is 14.2 Å². The molecule has 0 heterocycles. The maximum Gasteiger partial charge on any atom is 0.118 e. The van der Waals surface area contributed by atoms with E-state index in [1.165, 1.54) is 27.8 Å². The number of benzene rings is 3. The first-order valence-corrected chi connectivity index (χ1v) is 9.34. The Labute approximate surface area is 162 Å². The Kier molecular flexibility index (Phi) is 6.32. The molecule has 0 saturated heterocycles. The quantitative estimate of drug-likeness (QED) is 0.451. The van der Waals surface area contributed by atoms with Crippen LogP contribution in [-0.2, 0) is 0 Å². The van der Waals surface area contributed by atoms with Crippen molar-refractivity contribution in [3.63, 3.8) is 0 Å². The maximum absolute atomic E-state index is 5.34. The van der Waals surface area contributed by atoms with Gasteiger partial charge in [-0.05, 0) is 58.5 Å². The Morgan fingerprint density at radius 1 is 0.630 bits per heavy atom. The second-order valence-corrected chi connectivity index (χ2v) is 6.43. The standard InChI is InChI=1S/C25H26O2/c1-4-8-24(19-11-15-22(26-2)16-12-19)25(20-9-6-5-7-10-20)21-13-17-23(27-3)18-14-21/h5-7,9-18H,4,8H2,1-3H3/b25-24-. The van der Waals surface area contributed by atoms with Crippen LogP contribution in [0.4, 0.5) is 0 Å². The minimum absolute atomic E-state index is 0.868. The van der Waals surface area contributed by atoms with Gasteiger partial charge < -0.3 is 9.47 Å². The summed E-state index contributed by atoms with van der Waals surface area (Å²) in [6, 6.07) is 27.3. The van der Waals surface area contributed by atoms with Gasteiger partial charge in [-0.2, -0.15) is 0 Å². The third-order valence-corrected chi connectivity index (χ3v) is 4.68. The molecule has 2 heteroatoms. The monoisotopic (exact) mass is 358 g/mol. The smallest absolute Gasteiger partial charge is 0.118 e. The van der Waals surface area contributed by atoms with Crippen molar-refractivity contribution in [1.82, 2.24) is 0 Å². The Morgan fingerprint density at radius 3 is 1.59 bits per heavy atom. The summed E-state index contributed by atoms with van der Waals surface area (Å²) in [7, 11) is 3.40. The number of ether oxygens (including phenoxy) is 2. The van der Waals surface area contributed by atoms with Crippen molar-refractivity contribution in [1.29, 1.82) is 0 Å². The SMILES string of the molecule is CCC/C(=C(\c1ccccc1)c1ccc(OC)cc1)c1ccc(OC)cc1. The molecule has 0 spiro atoms. The number of hydrogen-bond donors (Lipinski definition) is 0. The topological polar surface area (TPSA) is 18.5 Å². The Balaban J connectivity index is 2.21. The lowest BCUT2D eigenvalue weighted by Gasteiger charge is -2.17. The molecule has 0 fully saturated rings. The normalized spacial score (nSPS) is 11.7. The van der Waals surface area contributed by atoms with Crippen molar-refractivity contribution >= 4 is 11.1 Å². The first-order chi connectivity index (χ1) is 13.3. The fraction of sp³-hybridized carbons (Fsp3) is 0.200. The Morgan fingerprint density at radius 2 is 1.11 bits per heavy atom. The minimum atomic E-state index is 0.868. The van der Waals surface area contributed by atoms with Crippen LogP contribution < -0.4 is 9.47 Å². The maximum atomic E-state index is 5.34. The van der Waals surface area contributed by atoms with Gasteiger partial charge in [0.1, 0.15) is 11.5 Å². The molecular weight excluding hydrogens is 332 g/mol. The van der Waals surface area contributed by atoms with Gasteiger partial charge in [0.15, 0.2) is 0 Å². The summed E-state index contributed by atoms with van der Waals surface area (Å²) in [6.45, 7) is 2.22. The van der Waals surface area contributed by atoms with E-state index in [0.717, 1.165) is 24.3 Å². The summed E-state index contributed by atoms with van der Waals surface area (Å²) in [5.74, 6) is 1.74. The zero-order valence-corrected chi connectivity index (χ0v) is 16.2. The second-order valence-electron chi connectivity index (χ2n) is 6.43. The molecule has 27 heavy (non-hydrogen) atoms. The molecule has 0 N–H and O–H groups in total. The molecule has 0 aromatic heterocycles. The Hall–Kier alpha value is -3.00. The summed E-state index contributed by atoms with van der Waals surface area (Å²) in [4.78, 5) is 0. The van der Waals surface area contributed by atoms with Gasteiger partial charge in [0.2, 0.25) is 0 Å². The number of allylic oxidation sites excluding steroid dienone is 1. The van der Waals surface area contributed by atoms with Crippen LogP contribution in [0.25, 0.3) is 11.1 Å². The molecule has 0 amide bonds. The summed E-state index contributed by atoms with van der Waals surface area (Å²) in [5.41, 5.74) is 6.26. The zero-order chi connectivity index (χ0) is 19.1. The highest BCUT2D eigenvalue weighted by Gasteiger charge is 2.14. The minimum Gasteiger partial charge on any atom is -0.497 e. The van der Waals surface area contributed by atoms with Crippen molar-refractivity contribution in [3.05, 3.63) is 95.6 Å². The molecule has 3 rings (SSSR count). The molecule has 0 aliphatic rings. The van der Waals surface area contributed by atoms with Crippen LogP contribution in [0.3, 0.4) is 0 Å². The van der Waals surface area contributed by atoms with Gasteiger partial charge >= 0.3 is 0 Å². The number of hydrogen-bond acceptors (Lipinski definition) is 2. The zero-order valence-electron chi connectivity index (χ0n) is 16.2. The molecule has 0 unspecified atom stereocenters. The molecule has 0 aliphatic carbocycles. The van der Waals surface area contributed by atoms with Crippen molar-refractivity contribution < 1.29 is 9.47 Å². The first kappa shape index (κ1) is 18.8. The van der Waals surface area contributed by atoms with Gasteiger partial charge in [-0.1, -0.05) is 67.9 Å². The highest BCUT2D eigenvalue weighted by Crippen LogP contribution is 2.36. The van der Waals surface area contributed by atoms with E-state index in [1.54, 1.807) is 14.2 Å². The third-order valence-electron chi connectivity index (χ3n) is 4.68. The summed E-state index contributed by atoms with van der Waals surface area (Å²) in [6.07, 6.45) is 2.08. The van der Waals surface area contributed by atoms with E-state index in [-0.39, 0.29) is 0 Å². The molecule has 2 nitrogen and oxygen atoms in total. The van der Waals surface area contributed by atoms with Crippen LogP contribution in [0.1, 0.15) is 36.5 Å². The average molecular weight is 358 g/mol. The highest BCUT2D eigenvalue weighted by atomic mass is 16.5. The highest BCUT2D eigenvalue weighted by molar-refractivity contribution is 5.98. The molecule has 0 aliphatic heterocycles. The molecular formula is C25H26O2. The predicted molar refractivity (Wildman–Crippen MR) is 113 cm³/mol. The van der Waals surface area contributed by atoms with Crippen LogP contribution in [0.5, 0.6) is 11.5 Å². The first-order valence-electron chi connectivity index (χ1n) is 9.34. The summed E-state index contributed by atoms with van der Waals surface area (Å²) in [5, 5.41) is 0. The molecule has 0 saturated carbocycles. The van der Waals surface area contributed by atoms with E-state index in [4.69, 9.17) is 9.47 Å². The lowest BCUT2D eigenvalue weighted by atomic mass is 9.87. The van der Waals surface area contributed by atoms with Crippen LogP contribution in [-0.4, -0.2) is 14.2 Å². The van der Waals surface area contributed by atoms with Gasteiger partial charge in [0, 0.05) is 0 Å². The largest absolute Gasteiger partial charge is 0.497 e. The van der Waals surface area contributed by atoms with Crippen molar-refractivity contribution in [3.8, 4) is 11.5 Å². The van der Waals surface area contributed by atoms with Crippen LogP contribution in [0, 0.1) is 0 Å². The van der Waals surface area contributed by atoms with E-state index in [9.17, 15) is 0 Å². The average Bonchev–Trinajstić information content (AvgIpc) is 2.75. The van der Waals surface area contributed by atoms with Crippen LogP contribution in [0.15, 0.2) is 78.9 Å². The van der Waals surface area contributed by atoms with Gasteiger partial charge in [-0.3, -0.25) is 0 Å². The molecule has 0 atom stereocenters. The predicted octanol–water partition coefficient (Wildman–Crippen LogP) is 6.46. The summed E-state index contributed by atoms with van der Waals surface area (Å²) < 4.78 is 10.7. The van der Waals surface area contributed by atoms with Crippen molar-refractivity contribution in [2.45, 2.75) is 19.8 Å². The van der Waals surface area contributed by atoms with Gasteiger partial charge in [-0.25, -0.2) is 0 Å². The van der Waals surface area contributed by atoms with E-state index in [2.05, 4.69) is 61.5 Å². The van der Waals surface area contributed by atoms with E-state index < -0.39 is 0 Å². The van der Waals surface area contributed by atoms with E-state index >= 15 is 0 Å². The Bertz CT molecular complexity index is 876. The lowest BCUT2D eigenvalue weighted by molar-refractivity contribution is 0.414. The number of methoxy groups -OCH3 is 2. The van der Waals surface area contributed by atoms with Gasteiger partial charge in [0.05, 0.1) is 14.2 Å². The molecule has 3 aromatic rings. The second kappa shape index (κ2) is 9.09. The van der Waals surface area contributed by atoms with Crippen molar-refractivity contribution in [2.24, 2.45) is 0 Å². The molecule has 138 valence electrons. The van der Waals surface area contributed by atoms with E-state index in [0.29, 0.717) is 0 Å². The molecule has 0 radical (unpaired) electrons. The van der Waals surface area contributed by atoms with Crippen LogP contribution in [0.2, 0.25) is 0 Å². The van der Waals surface area contributed by atoms with Gasteiger partial charge in [-0.15, -0.1) is 0 Å². The fourth-order valence-corrected chi connectivity index (χ4v) is 3.33.